The van der Waals surface area contributed by atoms with Crippen molar-refractivity contribution >= 4 is 40.7 Å². The molecule has 2 aromatic rings. The Morgan fingerprint density at radius 1 is 1.12 bits per heavy atom. The Hall–Kier alpha value is -2.04. The van der Waals surface area contributed by atoms with Gasteiger partial charge < -0.3 is 10.2 Å². The number of nitrogens with one attached hydrogen (secondary N) is 1. The monoisotopic (exact) mass is 390 g/mol. The van der Waals surface area contributed by atoms with Gasteiger partial charge in [0.05, 0.1) is 22.7 Å². The van der Waals surface area contributed by atoms with Crippen molar-refractivity contribution in [1.29, 1.82) is 0 Å². The summed E-state index contributed by atoms with van der Waals surface area (Å²) in [6.45, 7) is -0.0353. The van der Waals surface area contributed by atoms with Gasteiger partial charge in [0.15, 0.2) is 0 Å². The van der Waals surface area contributed by atoms with Crippen molar-refractivity contribution in [3.8, 4) is 0 Å². The van der Waals surface area contributed by atoms with E-state index in [2.05, 4.69) is 5.32 Å². The zero-order valence-electron chi connectivity index (χ0n) is 14.5. The third-order valence-corrected chi connectivity index (χ3v) is 5.43. The molecule has 2 amide bonds. The van der Waals surface area contributed by atoms with Crippen LogP contribution in [-0.2, 0) is 15.0 Å². The molecule has 1 aliphatic rings. The largest absolute Gasteiger partial charge is 0.336 e. The Morgan fingerprint density at radius 3 is 2.46 bits per heavy atom. The topological polar surface area (TPSA) is 49.4 Å². The minimum absolute atomic E-state index is 0.0353. The first-order valence-corrected chi connectivity index (χ1v) is 9.24. The van der Waals surface area contributed by atoms with Crippen molar-refractivity contribution in [2.24, 2.45) is 0 Å². The number of amides is 2. The van der Waals surface area contributed by atoms with Gasteiger partial charge >= 0.3 is 0 Å². The second-order valence-corrected chi connectivity index (χ2v) is 7.48. The molecule has 0 heterocycles. The summed E-state index contributed by atoms with van der Waals surface area (Å²) in [7, 11) is 1.65. The Kier molecular flexibility index (Phi) is 5.54. The molecule has 2 aromatic carbocycles. The molecule has 1 aliphatic carbocycles. The SMILES string of the molecule is CN(CC(=O)Nc1ccccc1Cl)C(=O)C1(c2cccc(Cl)c2)CCC1. The number of carbonyl (C=O) groups is 2. The zero-order chi connectivity index (χ0) is 18.7. The molecule has 1 N–H and O–H groups in total. The van der Waals surface area contributed by atoms with Crippen LogP contribution in [0.3, 0.4) is 0 Å². The number of nitrogens with zero attached hydrogens (tertiary/aromatic N) is 1. The van der Waals surface area contributed by atoms with Gasteiger partial charge in [-0.15, -0.1) is 0 Å². The second kappa shape index (κ2) is 7.68. The fraction of sp³-hybridized carbons (Fsp3) is 0.300. The van der Waals surface area contributed by atoms with E-state index in [4.69, 9.17) is 23.2 Å². The molecule has 0 radical (unpaired) electrons. The highest BCUT2D eigenvalue weighted by molar-refractivity contribution is 6.33. The summed E-state index contributed by atoms with van der Waals surface area (Å²) in [5.41, 5.74) is 0.873. The third kappa shape index (κ3) is 3.71. The molecule has 26 heavy (non-hydrogen) atoms. The van der Waals surface area contributed by atoms with Gasteiger partial charge in [-0.3, -0.25) is 9.59 Å². The zero-order valence-corrected chi connectivity index (χ0v) is 16.0. The van der Waals surface area contributed by atoms with Crippen molar-refractivity contribution in [1.82, 2.24) is 4.90 Å². The van der Waals surface area contributed by atoms with E-state index in [-0.39, 0.29) is 18.4 Å². The van der Waals surface area contributed by atoms with Crippen LogP contribution in [0.25, 0.3) is 0 Å². The van der Waals surface area contributed by atoms with Crippen LogP contribution < -0.4 is 5.32 Å². The summed E-state index contributed by atoms with van der Waals surface area (Å²) in [5.74, 6) is -0.338. The van der Waals surface area contributed by atoms with E-state index in [0.717, 1.165) is 24.8 Å². The van der Waals surface area contributed by atoms with Gasteiger partial charge in [0.25, 0.3) is 0 Å². The maximum absolute atomic E-state index is 13.1. The molecule has 136 valence electrons. The highest BCUT2D eigenvalue weighted by Gasteiger charge is 2.47. The lowest BCUT2D eigenvalue weighted by molar-refractivity contribution is -0.141. The minimum Gasteiger partial charge on any atom is -0.336 e. The second-order valence-electron chi connectivity index (χ2n) is 6.64. The standard InChI is InChI=1S/C20H20Cl2N2O2/c1-24(13-18(25)23-17-9-3-2-8-16(17)22)19(26)20(10-5-11-20)14-6-4-7-15(21)12-14/h2-4,6-9,12H,5,10-11,13H2,1H3,(H,23,25). The fourth-order valence-electron chi connectivity index (χ4n) is 3.35. The van der Waals surface area contributed by atoms with Crippen molar-refractivity contribution in [3.63, 3.8) is 0 Å². The molecule has 4 nitrogen and oxygen atoms in total. The van der Waals surface area contributed by atoms with E-state index in [1.54, 1.807) is 37.4 Å². The lowest BCUT2D eigenvalue weighted by atomic mass is 9.63. The summed E-state index contributed by atoms with van der Waals surface area (Å²) in [6, 6.07) is 14.4. The van der Waals surface area contributed by atoms with E-state index in [1.807, 2.05) is 18.2 Å². The van der Waals surface area contributed by atoms with Crippen LogP contribution in [0.1, 0.15) is 24.8 Å². The van der Waals surface area contributed by atoms with E-state index in [9.17, 15) is 9.59 Å². The molecule has 0 aromatic heterocycles. The molecular formula is C20H20Cl2N2O2. The third-order valence-electron chi connectivity index (χ3n) is 4.87. The van der Waals surface area contributed by atoms with Crippen LogP contribution in [0.4, 0.5) is 5.69 Å². The van der Waals surface area contributed by atoms with Gasteiger partial charge in [0.1, 0.15) is 0 Å². The predicted octanol–water partition coefficient (Wildman–Crippen LogP) is 4.51. The molecule has 0 bridgehead atoms. The molecule has 0 atom stereocenters. The highest BCUT2D eigenvalue weighted by atomic mass is 35.5. The quantitative estimate of drug-likeness (QED) is 0.815. The van der Waals surface area contributed by atoms with Crippen LogP contribution >= 0.6 is 23.2 Å². The number of carbonyl (C=O) groups excluding carboxylic acids is 2. The highest BCUT2D eigenvalue weighted by Crippen LogP contribution is 2.45. The Balaban J connectivity index is 1.70. The maximum Gasteiger partial charge on any atom is 0.244 e. The van der Waals surface area contributed by atoms with Crippen molar-refractivity contribution < 1.29 is 9.59 Å². The molecule has 1 saturated carbocycles. The summed E-state index contributed by atoms with van der Waals surface area (Å²) in [5, 5.41) is 3.82. The molecule has 3 rings (SSSR count). The molecule has 0 spiro atoms. The number of para-hydroxylation sites is 1. The van der Waals surface area contributed by atoms with Crippen LogP contribution in [0.5, 0.6) is 0 Å². The van der Waals surface area contributed by atoms with E-state index in [1.165, 1.54) is 4.90 Å². The minimum atomic E-state index is -0.579. The average molecular weight is 391 g/mol. The van der Waals surface area contributed by atoms with Crippen molar-refractivity contribution in [2.45, 2.75) is 24.7 Å². The molecule has 1 fully saturated rings. The van der Waals surface area contributed by atoms with Crippen molar-refractivity contribution in [3.05, 3.63) is 64.1 Å². The van der Waals surface area contributed by atoms with E-state index < -0.39 is 5.41 Å². The first-order valence-electron chi connectivity index (χ1n) is 8.48. The smallest absolute Gasteiger partial charge is 0.244 e. The van der Waals surface area contributed by atoms with Gasteiger partial charge in [0.2, 0.25) is 11.8 Å². The fourth-order valence-corrected chi connectivity index (χ4v) is 3.72. The Bertz CT molecular complexity index is 834. The van der Waals surface area contributed by atoms with Gasteiger partial charge in [-0.1, -0.05) is 53.9 Å². The maximum atomic E-state index is 13.1. The number of rotatable bonds is 5. The number of likely N-dealkylation sites (N-methyl/N-ethyl adjacent to an activating group) is 1. The first-order chi connectivity index (χ1) is 12.4. The van der Waals surface area contributed by atoms with Crippen LogP contribution in [0, 0.1) is 0 Å². The first kappa shape index (κ1) is 18.7. The van der Waals surface area contributed by atoms with Gasteiger partial charge in [-0.05, 0) is 42.7 Å². The Morgan fingerprint density at radius 2 is 1.85 bits per heavy atom. The Labute approximate surface area is 163 Å². The summed E-state index contributed by atoms with van der Waals surface area (Å²) >= 11 is 12.2. The van der Waals surface area contributed by atoms with Crippen LogP contribution in [0.2, 0.25) is 10.0 Å². The van der Waals surface area contributed by atoms with Crippen molar-refractivity contribution in [2.75, 3.05) is 18.9 Å². The molecule has 6 heteroatoms. The number of hydrogen-bond acceptors (Lipinski definition) is 2. The van der Waals surface area contributed by atoms with Gasteiger partial charge in [-0.25, -0.2) is 0 Å². The lowest BCUT2D eigenvalue weighted by Gasteiger charge is -2.43. The summed E-state index contributed by atoms with van der Waals surface area (Å²) in [4.78, 5) is 26.9. The lowest BCUT2D eigenvalue weighted by Crippen LogP contribution is -2.51. The number of halogens is 2. The number of benzene rings is 2. The predicted molar refractivity (Wildman–Crippen MR) is 105 cm³/mol. The van der Waals surface area contributed by atoms with Crippen LogP contribution in [0.15, 0.2) is 48.5 Å². The van der Waals surface area contributed by atoms with Gasteiger partial charge in [-0.2, -0.15) is 0 Å². The summed E-state index contributed by atoms with van der Waals surface area (Å²) in [6.07, 6.45) is 2.52. The van der Waals surface area contributed by atoms with E-state index in [0.29, 0.717) is 15.7 Å². The average Bonchev–Trinajstić information content (AvgIpc) is 2.56. The molecule has 0 saturated heterocycles. The number of hydrogen-bond donors (Lipinski definition) is 1. The normalized spacial score (nSPS) is 15.0. The van der Waals surface area contributed by atoms with E-state index >= 15 is 0 Å². The molecular weight excluding hydrogens is 371 g/mol. The summed E-state index contributed by atoms with van der Waals surface area (Å²) < 4.78 is 0. The van der Waals surface area contributed by atoms with Gasteiger partial charge in [0, 0.05) is 12.1 Å². The number of anilines is 1. The molecule has 0 aliphatic heterocycles. The molecule has 0 unspecified atom stereocenters. The van der Waals surface area contributed by atoms with Crippen LogP contribution in [-0.4, -0.2) is 30.3 Å².